The molecule has 0 saturated carbocycles. The van der Waals surface area contributed by atoms with Crippen LogP contribution < -0.4 is 10.2 Å². The Morgan fingerprint density at radius 2 is 1.86 bits per heavy atom. The molecular weight excluding hydrogens is 396 g/mol. The van der Waals surface area contributed by atoms with Gasteiger partial charge in [-0.3, -0.25) is 4.79 Å². The normalized spacial score (nSPS) is 10.2. The van der Waals surface area contributed by atoms with Gasteiger partial charge in [0.1, 0.15) is 0 Å². The molecule has 0 aliphatic rings. The third-order valence-corrected chi connectivity index (χ3v) is 4.29. The van der Waals surface area contributed by atoms with Crippen molar-refractivity contribution < 1.29 is 4.79 Å². The number of nitrogens with one attached hydrogen (secondary N) is 1. The van der Waals surface area contributed by atoms with E-state index in [1.54, 1.807) is 6.07 Å². The van der Waals surface area contributed by atoms with E-state index >= 15 is 0 Å². The summed E-state index contributed by atoms with van der Waals surface area (Å²) in [7, 11) is 2.01. The number of carbonyl (C=O) groups is 1. The SMILES string of the molecule is CN(CCNC(=O)c1cc(Br)ccc1Br)c1ccccc1. The van der Waals surface area contributed by atoms with E-state index in [0.29, 0.717) is 12.1 Å². The molecule has 0 radical (unpaired) electrons. The molecule has 2 rings (SSSR count). The van der Waals surface area contributed by atoms with Crippen LogP contribution in [0.5, 0.6) is 0 Å². The fraction of sp³-hybridized carbons (Fsp3) is 0.188. The van der Waals surface area contributed by atoms with E-state index in [2.05, 4.69) is 42.1 Å². The van der Waals surface area contributed by atoms with Crippen molar-refractivity contribution in [2.24, 2.45) is 0 Å². The minimum absolute atomic E-state index is 0.0790. The number of anilines is 1. The molecule has 0 spiro atoms. The van der Waals surface area contributed by atoms with Gasteiger partial charge in [0, 0.05) is 34.8 Å². The molecule has 0 heterocycles. The van der Waals surface area contributed by atoms with Crippen LogP contribution in [-0.2, 0) is 0 Å². The Hall–Kier alpha value is -1.33. The van der Waals surface area contributed by atoms with Gasteiger partial charge >= 0.3 is 0 Å². The van der Waals surface area contributed by atoms with E-state index in [0.717, 1.165) is 21.2 Å². The van der Waals surface area contributed by atoms with E-state index in [9.17, 15) is 4.79 Å². The molecule has 2 aromatic carbocycles. The van der Waals surface area contributed by atoms with Gasteiger partial charge in [-0.15, -0.1) is 0 Å². The zero-order valence-corrected chi connectivity index (χ0v) is 14.8. The van der Waals surface area contributed by atoms with Crippen molar-refractivity contribution in [2.75, 3.05) is 25.0 Å². The number of para-hydroxylation sites is 1. The van der Waals surface area contributed by atoms with Gasteiger partial charge in [-0.05, 0) is 46.3 Å². The van der Waals surface area contributed by atoms with Crippen LogP contribution in [0.3, 0.4) is 0 Å². The number of rotatable bonds is 5. The largest absolute Gasteiger partial charge is 0.373 e. The first kappa shape index (κ1) is 16.0. The lowest BCUT2D eigenvalue weighted by Gasteiger charge is -2.19. The monoisotopic (exact) mass is 410 g/mol. The van der Waals surface area contributed by atoms with Crippen LogP contribution in [0.25, 0.3) is 0 Å². The fourth-order valence-corrected chi connectivity index (χ4v) is 2.70. The van der Waals surface area contributed by atoms with E-state index in [1.165, 1.54) is 0 Å². The number of hydrogen-bond donors (Lipinski definition) is 1. The molecule has 0 aliphatic heterocycles. The van der Waals surface area contributed by atoms with Crippen LogP contribution in [0.1, 0.15) is 10.4 Å². The Kier molecular flexibility index (Phi) is 5.82. The highest BCUT2D eigenvalue weighted by Crippen LogP contribution is 2.21. The zero-order valence-electron chi connectivity index (χ0n) is 11.6. The van der Waals surface area contributed by atoms with Crippen LogP contribution in [-0.4, -0.2) is 26.0 Å². The van der Waals surface area contributed by atoms with Crippen molar-refractivity contribution in [1.82, 2.24) is 5.32 Å². The van der Waals surface area contributed by atoms with Gasteiger partial charge in [0.05, 0.1) is 5.56 Å². The maximum absolute atomic E-state index is 12.2. The fourth-order valence-electron chi connectivity index (χ4n) is 1.92. The maximum atomic E-state index is 12.2. The summed E-state index contributed by atoms with van der Waals surface area (Å²) in [5.41, 5.74) is 1.77. The Morgan fingerprint density at radius 3 is 2.57 bits per heavy atom. The van der Waals surface area contributed by atoms with E-state index < -0.39 is 0 Å². The molecule has 0 bridgehead atoms. The summed E-state index contributed by atoms with van der Waals surface area (Å²) < 4.78 is 1.68. The molecule has 3 nitrogen and oxygen atoms in total. The van der Waals surface area contributed by atoms with Crippen molar-refractivity contribution in [3.05, 3.63) is 63.0 Å². The zero-order chi connectivity index (χ0) is 15.2. The number of halogens is 2. The first-order valence-corrected chi connectivity index (χ1v) is 8.16. The van der Waals surface area contributed by atoms with Gasteiger partial charge in [-0.1, -0.05) is 34.1 Å². The quantitative estimate of drug-likeness (QED) is 0.803. The van der Waals surface area contributed by atoms with Gasteiger partial charge in [0.15, 0.2) is 0 Å². The van der Waals surface area contributed by atoms with Gasteiger partial charge in [0.25, 0.3) is 5.91 Å². The molecule has 0 saturated heterocycles. The molecule has 0 aromatic heterocycles. The highest BCUT2D eigenvalue weighted by molar-refractivity contribution is 9.11. The van der Waals surface area contributed by atoms with Crippen LogP contribution in [0.4, 0.5) is 5.69 Å². The summed E-state index contributed by atoms with van der Waals surface area (Å²) >= 11 is 6.77. The van der Waals surface area contributed by atoms with Crippen LogP contribution >= 0.6 is 31.9 Å². The molecule has 1 amide bonds. The van der Waals surface area contributed by atoms with Crippen LogP contribution in [0.2, 0.25) is 0 Å². The lowest BCUT2D eigenvalue weighted by atomic mass is 10.2. The van der Waals surface area contributed by atoms with Gasteiger partial charge in [0.2, 0.25) is 0 Å². The molecule has 0 aliphatic carbocycles. The lowest BCUT2D eigenvalue weighted by molar-refractivity contribution is 0.0954. The van der Waals surface area contributed by atoms with Crippen molar-refractivity contribution in [2.45, 2.75) is 0 Å². The summed E-state index contributed by atoms with van der Waals surface area (Å²) in [6, 6.07) is 15.6. The number of nitrogens with zero attached hydrogens (tertiary/aromatic N) is 1. The van der Waals surface area contributed by atoms with Crippen molar-refractivity contribution in [1.29, 1.82) is 0 Å². The average molecular weight is 412 g/mol. The summed E-state index contributed by atoms with van der Waals surface area (Å²) in [6.07, 6.45) is 0. The number of hydrogen-bond acceptors (Lipinski definition) is 2. The molecule has 1 N–H and O–H groups in total. The molecule has 0 unspecified atom stereocenters. The second-order valence-electron chi connectivity index (χ2n) is 4.64. The molecule has 5 heteroatoms. The standard InChI is InChI=1S/C16H16Br2N2O/c1-20(13-5-3-2-4-6-13)10-9-19-16(21)14-11-12(17)7-8-15(14)18/h2-8,11H,9-10H2,1H3,(H,19,21). The second-order valence-corrected chi connectivity index (χ2v) is 6.41. The molecule has 0 fully saturated rings. The highest BCUT2D eigenvalue weighted by Gasteiger charge is 2.10. The average Bonchev–Trinajstić information content (AvgIpc) is 2.50. The van der Waals surface area contributed by atoms with E-state index in [-0.39, 0.29) is 5.91 Å². The Labute approximate surface area is 141 Å². The molecule has 0 atom stereocenters. The number of carbonyl (C=O) groups excluding carboxylic acids is 1. The molecular formula is C16H16Br2N2O. The molecule has 2 aromatic rings. The van der Waals surface area contributed by atoms with E-state index in [4.69, 9.17) is 0 Å². The summed E-state index contributed by atoms with van der Waals surface area (Å²) in [5, 5.41) is 2.94. The van der Waals surface area contributed by atoms with Crippen molar-refractivity contribution in [3.63, 3.8) is 0 Å². The second kappa shape index (κ2) is 7.61. The molecule has 110 valence electrons. The van der Waals surface area contributed by atoms with Gasteiger partial charge < -0.3 is 10.2 Å². The Bertz CT molecular complexity index is 617. The van der Waals surface area contributed by atoms with Crippen molar-refractivity contribution >= 4 is 43.5 Å². The third kappa shape index (κ3) is 4.58. The minimum Gasteiger partial charge on any atom is -0.373 e. The summed E-state index contributed by atoms with van der Waals surface area (Å²) in [5.74, 6) is -0.0790. The first-order valence-electron chi connectivity index (χ1n) is 6.57. The topological polar surface area (TPSA) is 32.3 Å². The van der Waals surface area contributed by atoms with Crippen LogP contribution in [0, 0.1) is 0 Å². The van der Waals surface area contributed by atoms with E-state index in [1.807, 2.05) is 49.5 Å². The summed E-state index contributed by atoms with van der Waals surface area (Å²) in [6.45, 7) is 1.34. The third-order valence-electron chi connectivity index (χ3n) is 3.10. The van der Waals surface area contributed by atoms with Gasteiger partial charge in [-0.2, -0.15) is 0 Å². The predicted molar refractivity (Wildman–Crippen MR) is 93.9 cm³/mol. The van der Waals surface area contributed by atoms with Crippen molar-refractivity contribution in [3.8, 4) is 0 Å². The number of amides is 1. The first-order chi connectivity index (χ1) is 10.1. The van der Waals surface area contributed by atoms with Crippen LogP contribution in [0.15, 0.2) is 57.5 Å². The summed E-state index contributed by atoms with van der Waals surface area (Å²) in [4.78, 5) is 14.3. The molecule has 21 heavy (non-hydrogen) atoms. The Balaban J connectivity index is 1.88. The maximum Gasteiger partial charge on any atom is 0.252 e. The van der Waals surface area contributed by atoms with Gasteiger partial charge in [-0.25, -0.2) is 0 Å². The highest BCUT2D eigenvalue weighted by atomic mass is 79.9. The number of likely N-dealkylation sites (N-methyl/N-ethyl adjacent to an activating group) is 1. The minimum atomic E-state index is -0.0790. The smallest absolute Gasteiger partial charge is 0.252 e. The lowest BCUT2D eigenvalue weighted by Crippen LogP contribution is -2.33. The Morgan fingerprint density at radius 1 is 1.14 bits per heavy atom. The number of benzene rings is 2. The predicted octanol–water partition coefficient (Wildman–Crippen LogP) is 4.08.